The molecule has 1 saturated carbocycles. The van der Waals surface area contributed by atoms with Gasteiger partial charge >= 0.3 is 0 Å². The van der Waals surface area contributed by atoms with E-state index in [2.05, 4.69) is 24.1 Å². The number of carbonyl (C=O) groups excluding carboxylic acids is 2. The molecule has 0 radical (unpaired) electrons. The summed E-state index contributed by atoms with van der Waals surface area (Å²) in [7, 11) is 0. The van der Waals surface area contributed by atoms with Crippen LogP contribution in [0.5, 0.6) is 0 Å². The van der Waals surface area contributed by atoms with E-state index in [1.54, 1.807) is 0 Å². The van der Waals surface area contributed by atoms with Crippen LogP contribution in [-0.4, -0.2) is 85.3 Å². The van der Waals surface area contributed by atoms with Gasteiger partial charge in [-0.05, 0) is 32.6 Å². The summed E-state index contributed by atoms with van der Waals surface area (Å²) in [5.74, 6) is 0.855. The van der Waals surface area contributed by atoms with Crippen LogP contribution in [0.1, 0.15) is 39.5 Å². The molecule has 4 fully saturated rings. The predicted molar refractivity (Wildman–Crippen MR) is 100 cm³/mol. The maximum absolute atomic E-state index is 12.7. The fourth-order valence-corrected chi connectivity index (χ4v) is 5.01. The van der Waals surface area contributed by atoms with Crippen molar-refractivity contribution in [2.24, 2.45) is 11.8 Å². The Balaban J connectivity index is 1.41. The third kappa shape index (κ3) is 4.30. The van der Waals surface area contributed by atoms with Crippen LogP contribution in [0, 0.1) is 11.8 Å². The maximum Gasteiger partial charge on any atom is 0.225 e. The summed E-state index contributed by atoms with van der Waals surface area (Å²) >= 11 is 0. The Morgan fingerprint density at radius 3 is 2.56 bits per heavy atom. The van der Waals surface area contributed by atoms with Crippen LogP contribution in [0.25, 0.3) is 0 Å². The zero-order valence-corrected chi connectivity index (χ0v) is 16.6. The van der Waals surface area contributed by atoms with Gasteiger partial charge in [0.2, 0.25) is 11.8 Å². The molecule has 7 nitrogen and oxygen atoms in total. The van der Waals surface area contributed by atoms with Crippen LogP contribution in [-0.2, 0) is 19.1 Å². The van der Waals surface area contributed by atoms with Gasteiger partial charge in [-0.15, -0.1) is 0 Å². The van der Waals surface area contributed by atoms with Crippen LogP contribution in [0.3, 0.4) is 0 Å². The molecule has 4 atom stereocenters. The highest BCUT2D eigenvalue weighted by molar-refractivity contribution is 5.78. The first kappa shape index (κ1) is 19.2. The Morgan fingerprint density at radius 2 is 1.89 bits per heavy atom. The van der Waals surface area contributed by atoms with E-state index in [1.165, 1.54) is 0 Å². The molecule has 1 N–H and O–H groups in total. The molecule has 2 amide bonds. The lowest BCUT2D eigenvalue weighted by molar-refractivity contribution is -0.138. The molecule has 3 heterocycles. The quantitative estimate of drug-likeness (QED) is 0.733. The fourth-order valence-electron chi connectivity index (χ4n) is 5.01. The lowest BCUT2D eigenvalue weighted by Gasteiger charge is -2.29. The molecule has 3 saturated heterocycles. The minimum Gasteiger partial charge on any atom is -0.378 e. The van der Waals surface area contributed by atoms with Gasteiger partial charge in [-0.1, -0.05) is 0 Å². The lowest BCUT2D eigenvalue weighted by atomic mass is 9.84. The minimum atomic E-state index is -0.0761. The molecule has 4 rings (SSSR count). The summed E-state index contributed by atoms with van der Waals surface area (Å²) < 4.78 is 11.5. The number of fused-ring (bicyclic) bond motifs is 1. The first-order valence-electron chi connectivity index (χ1n) is 10.5. The number of likely N-dealkylation sites (tertiary alicyclic amines) is 1. The number of carbonyl (C=O) groups is 2. The molecule has 4 aliphatic rings. The van der Waals surface area contributed by atoms with Gasteiger partial charge in [-0.2, -0.15) is 0 Å². The zero-order chi connectivity index (χ0) is 19.0. The number of ether oxygens (including phenoxy) is 2. The number of rotatable bonds is 6. The van der Waals surface area contributed by atoms with Gasteiger partial charge in [0.25, 0.3) is 0 Å². The number of nitrogens with zero attached hydrogens (tertiary/aromatic N) is 2. The smallest absolute Gasteiger partial charge is 0.225 e. The minimum absolute atomic E-state index is 0.0761. The second-order valence-electron chi connectivity index (χ2n) is 8.81. The van der Waals surface area contributed by atoms with E-state index in [1.807, 2.05) is 4.90 Å². The van der Waals surface area contributed by atoms with Crippen LogP contribution in [0.2, 0.25) is 0 Å². The second kappa shape index (κ2) is 8.05. The van der Waals surface area contributed by atoms with Crippen LogP contribution in [0.4, 0.5) is 0 Å². The first-order chi connectivity index (χ1) is 13.0. The first-order valence-corrected chi connectivity index (χ1v) is 10.5. The molecule has 0 aromatic heterocycles. The molecule has 0 bridgehead atoms. The Bertz CT molecular complexity index is 559. The average molecular weight is 380 g/mol. The number of amides is 2. The van der Waals surface area contributed by atoms with Crippen molar-refractivity contribution in [1.29, 1.82) is 0 Å². The summed E-state index contributed by atoms with van der Waals surface area (Å²) in [6.45, 7) is 8.59. The molecule has 3 aliphatic heterocycles. The molecule has 27 heavy (non-hydrogen) atoms. The van der Waals surface area contributed by atoms with Crippen molar-refractivity contribution in [2.75, 3.05) is 39.5 Å². The SMILES string of the molecule is CC(C)N1C[C@@H](CC(=O)NC2CC2)[C@H]2[C@H](CC(=O)N3CCOCC3)OC[C@H]21. The summed E-state index contributed by atoms with van der Waals surface area (Å²) in [6.07, 6.45) is 3.12. The topological polar surface area (TPSA) is 71.1 Å². The highest BCUT2D eigenvalue weighted by atomic mass is 16.5. The van der Waals surface area contributed by atoms with Gasteiger partial charge in [0.05, 0.1) is 32.3 Å². The molecule has 0 aromatic carbocycles. The van der Waals surface area contributed by atoms with Gasteiger partial charge in [0.15, 0.2) is 0 Å². The van der Waals surface area contributed by atoms with Crippen molar-refractivity contribution in [1.82, 2.24) is 15.1 Å². The zero-order valence-electron chi connectivity index (χ0n) is 16.6. The molecule has 0 aromatic rings. The third-order valence-corrected chi connectivity index (χ3v) is 6.56. The van der Waals surface area contributed by atoms with Crippen molar-refractivity contribution in [3.05, 3.63) is 0 Å². The van der Waals surface area contributed by atoms with Crippen molar-refractivity contribution in [2.45, 2.75) is 63.8 Å². The van der Waals surface area contributed by atoms with E-state index in [4.69, 9.17) is 9.47 Å². The van der Waals surface area contributed by atoms with Gasteiger partial charge < -0.3 is 19.7 Å². The van der Waals surface area contributed by atoms with Crippen LogP contribution in [0.15, 0.2) is 0 Å². The Hall–Kier alpha value is -1.18. The number of hydrogen-bond donors (Lipinski definition) is 1. The molecular formula is C20H33N3O4. The van der Waals surface area contributed by atoms with Gasteiger partial charge in [-0.3, -0.25) is 14.5 Å². The number of nitrogens with one attached hydrogen (secondary N) is 1. The Morgan fingerprint density at radius 1 is 1.15 bits per heavy atom. The van der Waals surface area contributed by atoms with Crippen molar-refractivity contribution in [3.8, 4) is 0 Å². The van der Waals surface area contributed by atoms with Crippen LogP contribution < -0.4 is 5.32 Å². The maximum atomic E-state index is 12.7. The summed E-state index contributed by atoms with van der Waals surface area (Å²) in [5, 5.41) is 3.12. The summed E-state index contributed by atoms with van der Waals surface area (Å²) in [5.41, 5.74) is 0. The third-order valence-electron chi connectivity index (χ3n) is 6.56. The largest absolute Gasteiger partial charge is 0.378 e. The molecule has 152 valence electrons. The van der Waals surface area contributed by atoms with E-state index in [-0.39, 0.29) is 29.8 Å². The van der Waals surface area contributed by atoms with E-state index in [9.17, 15) is 9.59 Å². The van der Waals surface area contributed by atoms with E-state index in [0.717, 1.165) is 19.4 Å². The highest BCUT2D eigenvalue weighted by Crippen LogP contribution is 2.42. The molecule has 0 unspecified atom stereocenters. The summed E-state index contributed by atoms with van der Waals surface area (Å²) in [4.78, 5) is 29.5. The Kier molecular flexibility index (Phi) is 5.71. The second-order valence-corrected chi connectivity index (χ2v) is 8.81. The van der Waals surface area contributed by atoms with Gasteiger partial charge in [0.1, 0.15) is 0 Å². The molecule has 7 heteroatoms. The lowest BCUT2D eigenvalue weighted by Crippen LogP contribution is -2.43. The molecule has 1 aliphatic carbocycles. The van der Waals surface area contributed by atoms with E-state index < -0.39 is 0 Å². The molecular weight excluding hydrogens is 346 g/mol. The number of hydrogen-bond acceptors (Lipinski definition) is 5. The Labute approximate surface area is 161 Å². The van der Waals surface area contributed by atoms with E-state index >= 15 is 0 Å². The van der Waals surface area contributed by atoms with Crippen LogP contribution >= 0.6 is 0 Å². The van der Waals surface area contributed by atoms with Gasteiger partial charge in [0, 0.05) is 50.1 Å². The molecule has 0 spiro atoms. The predicted octanol–water partition coefficient (Wildman–Crippen LogP) is 0.628. The monoisotopic (exact) mass is 379 g/mol. The standard InChI is InChI=1S/C20H33N3O4/c1-13(2)23-11-14(9-18(24)21-15-3-4-15)20-16(23)12-27-17(20)10-19(25)22-5-7-26-8-6-22/h13-17,20H,3-12H2,1-2H3,(H,21,24)/t14-,16-,17+,20-/m1/s1. The average Bonchev–Trinajstić information content (AvgIpc) is 3.25. The van der Waals surface area contributed by atoms with Gasteiger partial charge in [-0.25, -0.2) is 0 Å². The number of morpholine rings is 1. The summed E-state index contributed by atoms with van der Waals surface area (Å²) in [6, 6.07) is 1.15. The van der Waals surface area contributed by atoms with Crippen molar-refractivity contribution >= 4 is 11.8 Å². The normalized spacial score (nSPS) is 34.1. The highest BCUT2D eigenvalue weighted by Gasteiger charge is 2.52. The van der Waals surface area contributed by atoms with Crippen molar-refractivity contribution in [3.63, 3.8) is 0 Å². The fraction of sp³-hybridized carbons (Fsp3) is 0.900. The van der Waals surface area contributed by atoms with Crippen molar-refractivity contribution < 1.29 is 19.1 Å². The van der Waals surface area contributed by atoms with E-state index in [0.29, 0.717) is 63.9 Å².